The summed E-state index contributed by atoms with van der Waals surface area (Å²) in [7, 11) is 0. The third-order valence-corrected chi connectivity index (χ3v) is 3.44. The number of carboxylic acids is 1. The molecule has 1 aromatic heterocycles. The molecule has 21 heavy (non-hydrogen) atoms. The summed E-state index contributed by atoms with van der Waals surface area (Å²) in [5.74, 6) is -1.09. The van der Waals surface area contributed by atoms with Gasteiger partial charge >= 0.3 is 5.97 Å². The first-order valence-corrected chi connectivity index (χ1v) is 6.45. The Morgan fingerprint density at radius 3 is 2.71 bits per heavy atom. The van der Waals surface area contributed by atoms with Gasteiger partial charge in [0.15, 0.2) is 0 Å². The van der Waals surface area contributed by atoms with Gasteiger partial charge in [-0.2, -0.15) is 0 Å². The molecule has 0 bridgehead atoms. The van der Waals surface area contributed by atoms with Crippen LogP contribution in [0.1, 0.15) is 10.4 Å². The monoisotopic (exact) mass is 300 g/mol. The van der Waals surface area contributed by atoms with E-state index in [4.69, 9.17) is 16.7 Å². The zero-order valence-electron chi connectivity index (χ0n) is 10.7. The fourth-order valence-electron chi connectivity index (χ4n) is 2.07. The fraction of sp³-hybridized carbons (Fsp3) is 0. The summed E-state index contributed by atoms with van der Waals surface area (Å²) in [6.45, 7) is 0. The molecule has 1 heterocycles. The number of aromatic carboxylic acids is 1. The molecule has 1 N–H and O–H groups in total. The van der Waals surface area contributed by atoms with Gasteiger partial charge in [-0.15, -0.1) is 0 Å². The van der Waals surface area contributed by atoms with E-state index in [1.807, 2.05) is 0 Å². The highest BCUT2D eigenvalue weighted by Crippen LogP contribution is 2.21. The molecule has 0 radical (unpaired) electrons. The molecule has 3 aromatic rings. The Morgan fingerprint density at radius 2 is 1.95 bits per heavy atom. The van der Waals surface area contributed by atoms with Crippen molar-refractivity contribution in [3.63, 3.8) is 0 Å². The van der Waals surface area contributed by atoms with Crippen molar-refractivity contribution in [2.24, 2.45) is 0 Å². The standard InChI is InChI=1S/C15H9ClN2O3/c16-11-6-5-9(15(20)21)7-13(11)18-8-17-12-4-2-1-3-10(12)14(18)19/h1-8H,(H,20,21). The van der Waals surface area contributed by atoms with Crippen molar-refractivity contribution in [2.75, 3.05) is 0 Å². The lowest BCUT2D eigenvalue weighted by Gasteiger charge is -2.09. The second kappa shape index (κ2) is 5.03. The van der Waals surface area contributed by atoms with E-state index in [0.29, 0.717) is 16.6 Å². The van der Waals surface area contributed by atoms with Crippen LogP contribution in [0, 0.1) is 0 Å². The zero-order chi connectivity index (χ0) is 15.0. The first-order valence-electron chi connectivity index (χ1n) is 6.07. The molecule has 5 nitrogen and oxygen atoms in total. The molecular formula is C15H9ClN2O3. The van der Waals surface area contributed by atoms with Crippen molar-refractivity contribution in [2.45, 2.75) is 0 Å². The number of hydrogen-bond donors (Lipinski definition) is 1. The molecule has 0 aliphatic heterocycles. The van der Waals surface area contributed by atoms with Gasteiger partial charge in [0.25, 0.3) is 5.56 Å². The number of aromatic nitrogens is 2. The molecule has 0 unspecified atom stereocenters. The normalized spacial score (nSPS) is 10.7. The number of nitrogens with zero attached hydrogens (tertiary/aromatic N) is 2. The van der Waals surface area contributed by atoms with Gasteiger partial charge < -0.3 is 5.11 Å². The summed E-state index contributed by atoms with van der Waals surface area (Å²) in [4.78, 5) is 27.7. The Labute approximate surface area is 124 Å². The lowest BCUT2D eigenvalue weighted by atomic mass is 10.2. The van der Waals surface area contributed by atoms with E-state index in [2.05, 4.69) is 4.98 Å². The number of carboxylic acid groups (broad SMARTS) is 1. The van der Waals surface area contributed by atoms with Crippen LogP contribution in [0.25, 0.3) is 16.6 Å². The van der Waals surface area contributed by atoms with Crippen molar-refractivity contribution >= 4 is 28.5 Å². The van der Waals surface area contributed by atoms with Crippen molar-refractivity contribution in [3.8, 4) is 5.69 Å². The van der Waals surface area contributed by atoms with E-state index in [1.54, 1.807) is 24.3 Å². The molecule has 0 saturated carbocycles. The molecule has 0 spiro atoms. The lowest BCUT2D eigenvalue weighted by Crippen LogP contribution is -2.19. The molecule has 3 rings (SSSR count). The van der Waals surface area contributed by atoms with Crippen LogP contribution in [0.15, 0.2) is 53.6 Å². The summed E-state index contributed by atoms with van der Waals surface area (Å²) in [5, 5.41) is 9.76. The van der Waals surface area contributed by atoms with Crippen LogP contribution in [0.3, 0.4) is 0 Å². The molecule has 0 aliphatic rings. The van der Waals surface area contributed by atoms with Crippen LogP contribution in [0.5, 0.6) is 0 Å². The van der Waals surface area contributed by atoms with E-state index in [1.165, 1.54) is 29.1 Å². The fourth-order valence-corrected chi connectivity index (χ4v) is 2.28. The van der Waals surface area contributed by atoms with Gasteiger partial charge in [-0.3, -0.25) is 9.36 Å². The Hall–Kier alpha value is -2.66. The SMILES string of the molecule is O=C(O)c1ccc(Cl)c(-n2cnc3ccccc3c2=O)c1. The number of carbonyl (C=O) groups is 1. The summed E-state index contributed by atoms with van der Waals surface area (Å²) < 4.78 is 1.25. The number of para-hydroxylation sites is 1. The Balaban J connectivity index is 2.30. The maximum Gasteiger partial charge on any atom is 0.335 e. The van der Waals surface area contributed by atoms with Gasteiger partial charge in [0.1, 0.15) is 6.33 Å². The Bertz CT molecular complexity index is 918. The Kier molecular flexibility index (Phi) is 3.19. The number of fused-ring (bicyclic) bond motifs is 1. The van der Waals surface area contributed by atoms with Gasteiger partial charge in [0, 0.05) is 0 Å². The van der Waals surface area contributed by atoms with Crippen LogP contribution in [0.2, 0.25) is 5.02 Å². The number of benzene rings is 2. The highest BCUT2D eigenvalue weighted by Gasteiger charge is 2.11. The first kappa shape index (κ1) is 13.3. The second-order valence-electron chi connectivity index (χ2n) is 4.41. The van der Waals surface area contributed by atoms with Gasteiger partial charge in [-0.1, -0.05) is 23.7 Å². The first-order chi connectivity index (χ1) is 10.1. The Morgan fingerprint density at radius 1 is 1.19 bits per heavy atom. The summed E-state index contributed by atoms with van der Waals surface area (Å²) >= 11 is 6.08. The smallest absolute Gasteiger partial charge is 0.335 e. The summed E-state index contributed by atoms with van der Waals surface area (Å²) in [6, 6.07) is 11.1. The van der Waals surface area contributed by atoms with Crippen molar-refractivity contribution in [3.05, 3.63) is 69.7 Å². The molecule has 0 aliphatic carbocycles. The van der Waals surface area contributed by atoms with Gasteiger partial charge in [0.05, 0.1) is 27.2 Å². The molecule has 6 heteroatoms. The topological polar surface area (TPSA) is 72.2 Å². The van der Waals surface area contributed by atoms with E-state index in [9.17, 15) is 9.59 Å². The van der Waals surface area contributed by atoms with Gasteiger partial charge in [-0.05, 0) is 30.3 Å². The van der Waals surface area contributed by atoms with Crippen molar-refractivity contribution in [1.82, 2.24) is 9.55 Å². The molecule has 0 atom stereocenters. The van der Waals surface area contributed by atoms with Crippen molar-refractivity contribution in [1.29, 1.82) is 0 Å². The van der Waals surface area contributed by atoms with Crippen LogP contribution in [-0.4, -0.2) is 20.6 Å². The largest absolute Gasteiger partial charge is 0.478 e. The van der Waals surface area contributed by atoms with E-state index in [-0.39, 0.29) is 16.1 Å². The van der Waals surface area contributed by atoms with Crippen LogP contribution in [-0.2, 0) is 0 Å². The number of hydrogen-bond acceptors (Lipinski definition) is 3. The summed E-state index contributed by atoms with van der Waals surface area (Å²) in [5.41, 5.74) is 0.614. The van der Waals surface area contributed by atoms with E-state index >= 15 is 0 Å². The average Bonchev–Trinajstić information content (AvgIpc) is 2.49. The summed E-state index contributed by atoms with van der Waals surface area (Å²) in [6.07, 6.45) is 1.34. The van der Waals surface area contributed by atoms with Crippen LogP contribution in [0.4, 0.5) is 0 Å². The van der Waals surface area contributed by atoms with Crippen molar-refractivity contribution < 1.29 is 9.90 Å². The number of halogens is 1. The lowest BCUT2D eigenvalue weighted by molar-refractivity contribution is 0.0697. The van der Waals surface area contributed by atoms with E-state index < -0.39 is 5.97 Å². The highest BCUT2D eigenvalue weighted by molar-refractivity contribution is 6.32. The minimum atomic E-state index is -1.09. The predicted molar refractivity (Wildman–Crippen MR) is 79.3 cm³/mol. The maximum absolute atomic E-state index is 12.5. The molecule has 104 valence electrons. The van der Waals surface area contributed by atoms with Crippen LogP contribution >= 0.6 is 11.6 Å². The molecule has 2 aromatic carbocycles. The average molecular weight is 301 g/mol. The van der Waals surface area contributed by atoms with E-state index in [0.717, 1.165) is 0 Å². The number of rotatable bonds is 2. The highest BCUT2D eigenvalue weighted by atomic mass is 35.5. The molecular weight excluding hydrogens is 292 g/mol. The van der Waals surface area contributed by atoms with Gasteiger partial charge in [-0.25, -0.2) is 9.78 Å². The predicted octanol–water partition coefficient (Wildman–Crippen LogP) is 2.74. The molecule has 0 saturated heterocycles. The molecule has 0 amide bonds. The maximum atomic E-state index is 12.5. The third kappa shape index (κ3) is 2.28. The second-order valence-corrected chi connectivity index (χ2v) is 4.82. The third-order valence-electron chi connectivity index (χ3n) is 3.12. The van der Waals surface area contributed by atoms with Gasteiger partial charge in [0.2, 0.25) is 0 Å². The quantitative estimate of drug-likeness (QED) is 0.790. The minimum absolute atomic E-state index is 0.0504. The minimum Gasteiger partial charge on any atom is -0.478 e. The molecule has 0 fully saturated rings. The van der Waals surface area contributed by atoms with Crippen LogP contribution < -0.4 is 5.56 Å². The zero-order valence-corrected chi connectivity index (χ0v) is 11.4.